The highest BCUT2D eigenvalue weighted by Gasteiger charge is 2.06. The van der Waals surface area contributed by atoms with E-state index >= 15 is 0 Å². The molecule has 2 nitrogen and oxygen atoms in total. The highest BCUT2D eigenvalue weighted by atomic mass is 79.9. The molecule has 0 saturated heterocycles. The van der Waals surface area contributed by atoms with E-state index in [9.17, 15) is 4.39 Å². The lowest BCUT2D eigenvalue weighted by Gasteiger charge is -2.16. The smallest absolute Gasteiger partial charge is 0.127 e. The van der Waals surface area contributed by atoms with Crippen LogP contribution in [0.1, 0.15) is 11.3 Å². The molecule has 0 aliphatic carbocycles. The highest BCUT2D eigenvalue weighted by Crippen LogP contribution is 2.12. The summed E-state index contributed by atoms with van der Waals surface area (Å²) in [6, 6.07) is 10.8. The topological polar surface area (TPSA) is 16.1 Å². The molecule has 0 fully saturated rings. The third-order valence-electron chi connectivity index (χ3n) is 2.62. The standard InChI is InChI=1S/C14H14BrFN2/c1-18(9-11-4-2-3-5-14(11)16)10-13-7-6-12(15)8-17-13/h2-8H,9-10H2,1H3. The molecule has 2 aromatic rings. The van der Waals surface area contributed by atoms with Crippen LogP contribution >= 0.6 is 15.9 Å². The molecule has 0 bridgehead atoms. The molecule has 0 atom stereocenters. The molecule has 0 saturated carbocycles. The minimum Gasteiger partial charge on any atom is -0.296 e. The first-order valence-corrected chi connectivity index (χ1v) is 6.47. The maximum atomic E-state index is 13.5. The fourth-order valence-electron chi connectivity index (χ4n) is 1.75. The van der Waals surface area contributed by atoms with E-state index in [1.165, 1.54) is 6.07 Å². The van der Waals surface area contributed by atoms with Gasteiger partial charge in [0.05, 0.1) is 5.69 Å². The zero-order valence-electron chi connectivity index (χ0n) is 10.1. The summed E-state index contributed by atoms with van der Waals surface area (Å²) in [4.78, 5) is 6.34. The molecule has 1 aromatic carbocycles. The number of rotatable bonds is 4. The zero-order chi connectivity index (χ0) is 13.0. The van der Waals surface area contributed by atoms with Gasteiger partial charge in [0, 0.05) is 29.3 Å². The van der Waals surface area contributed by atoms with Gasteiger partial charge in [0.1, 0.15) is 5.82 Å². The van der Waals surface area contributed by atoms with Gasteiger partial charge in [-0.05, 0) is 41.2 Å². The van der Waals surface area contributed by atoms with Gasteiger partial charge in [0.25, 0.3) is 0 Å². The zero-order valence-corrected chi connectivity index (χ0v) is 11.7. The van der Waals surface area contributed by atoms with Crippen molar-refractivity contribution in [1.82, 2.24) is 9.88 Å². The molecule has 0 spiro atoms. The normalized spacial score (nSPS) is 10.9. The molecule has 94 valence electrons. The average molecular weight is 309 g/mol. The number of pyridine rings is 1. The van der Waals surface area contributed by atoms with E-state index in [1.807, 2.05) is 30.1 Å². The molecule has 1 heterocycles. The molecule has 0 aliphatic rings. The molecule has 0 amide bonds. The van der Waals surface area contributed by atoms with Crippen molar-refractivity contribution in [3.05, 3.63) is 64.1 Å². The third-order valence-corrected chi connectivity index (χ3v) is 3.09. The van der Waals surface area contributed by atoms with Crippen LogP contribution in [0.4, 0.5) is 4.39 Å². The summed E-state index contributed by atoms with van der Waals surface area (Å²) in [6.45, 7) is 1.27. The van der Waals surface area contributed by atoms with Gasteiger partial charge in [-0.1, -0.05) is 18.2 Å². The Labute approximate surface area is 115 Å². The van der Waals surface area contributed by atoms with Crippen molar-refractivity contribution in [3.8, 4) is 0 Å². The average Bonchev–Trinajstić information content (AvgIpc) is 2.35. The maximum absolute atomic E-state index is 13.5. The Morgan fingerprint density at radius 3 is 2.61 bits per heavy atom. The van der Waals surface area contributed by atoms with E-state index in [1.54, 1.807) is 18.3 Å². The molecule has 2 rings (SSSR count). The Bertz CT molecular complexity index is 513. The predicted molar refractivity (Wildman–Crippen MR) is 73.5 cm³/mol. The minimum atomic E-state index is -0.159. The molecule has 1 aromatic heterocycles. The number of nitrogens with zero attached hydrogens (tertiary/aromatic N) is 2. The van der Waals surface area contributed by atoms with E-state index < -0.39 is 0 Å². The third kappa shape index (κ3) is 3.62. The fourth-order valence-corrected chi connectivity index (χ4v) is 1.98. The number of halogens is 2. The largest absolute Gasteiger partial charge is 0.296 e. The quantitative estimate of drug-likeness (QED) is 0.857. The van der Waals surface area contributed by atoms with Crippen LogP contribution in [-0.2, 0) is 13.1 Å². The van der Waals surface area contributed by atoms with Crippen LogP contribution in [0.3, 0.4) is 0 Å². The minimum absolute atomic E-state index is 0.159. The first kappa shape index (κ1) is 13.2. The summed E-state index contributed by atoms with van der Waals surface area (Å²) < 4.78 is 14.5. The second kappa shape index (κ2) is 6.07. The van der Waals surface area contributed by atoms with Gasteiger partial charge >= 0.3 is 0 Å². The Kier molecular flexibility index (Phi) is 4.44. The van der Waals surface area contributed by atoms with Gasteiger partial charge in [0.2, 0.25) is 0 Å². The van der Waals surface area contributed by atoms with Crippen LogP contribution in [0, 0.1) is 5.82 Å². The van der Waals surface area contributed by atoms with Crippen molar-refractivity contribution in [2.45, 2.75) is 13.1 Å². The molecule has 0 radical (unpaired) electrons. The van der Waals surface area contributed by atoms with Gasteiger partial charge in [-0.3, -0.25) is 9.88 Å². The number of aromatic nitrogens is 1. The van der Waals surface area contributed by atoms with Crippen LogP contribution in [0.5, 0.6) is 0 Å². The van der Waals surface area contributed by atoms with Crippen molar-refractivity contribution in [1.29, 1.82) is 0 Å². The van der Waals surface area contributed by atoms with Gasteiger partial charge in [0.15, 0.2) is 0 Å². The van der Waals surface area contributed by atoms with Crippen molar-refractivity contribution < 1.29 is 4.39 Å². The second-order valence-electron chi connectivity index (χ2n) is 4.23. The molecule has 0 N–H and O–H groups in total. The monoisotopic (exact) mass is 308 g/mol. The SMILES string of the molecule is CN(Cc1ccc(Br)cn1)Cc1ccccc1F. The Morgan fingerprint density at radius 2 is 1.94 bits per heavy atom. The van der Waals surface area contributed by atoms with Gasteiger partial charge in [-0.2, -0.15) is 0 Å². The second-order valence-corrected chi connectivity index (χ2v) is 5.15. The van der Waals surface area contributed by atoms with E-state index in [2.05, 4.69) is 20.9 Å². The molecule has 4 heteroatoms. The summed E-state index contributed by atoms with van der Waals surface area (Å²) >= 11 is 3.35. The van der Waals surface area contributed by atoms with Gasteiger partial charge in [-0.25, -0.2) is 4.39 Å². The predicted octanol–water partition coefficient (Wildman–Crippen LogP) is 3.62. The van der Waals surface area contributed by atoms with Crippen molar-refractivity contribution in [2.24, 2.45) is 0 Å². The molecular weight excluding hydrogens is 295 g/mol. The highest BCUT2D eigenvalue weighted by molar-refractivity contribution is 9.10. The Morgan fingerprint density at radius 1 is 1.17 bits per heavy atom. The molecule has 18 heavy (non-hydrogen) atoms. The summed E-state index contributed by atoms with van der Waals surface area (Å²) in [7, 11) is 1.95. The van der Waals surface area contributed by atoms with Crippen LogP contribution < -0.4 is 0 Å². The summed E-state index contributed by atoms with van der Waals surface area (Å²) in [5, 5.41) is 0. The van der Waals surface area contributed by atoms with E-state index in [4.69, 9.17) is 0 Å². The lowest BCUT2D eigenvalue weighted by atomic mass is 10.2. The van der Waals surface area contributed by atoms with Gasteiger partial charge in [-0.15, -0.1) is 0 Å². The van der Waals surface area contributed by atoms with Crippen molar-refractivity contribution >= 4 is 15.9 Å². The number of benzene rings is 1. The van der Waals surface area contributed by atoms with Crippen LogP contribution in [0.2, 0.25) is 0 Å². The lowest BCUT2D eigenvalue weighted by molar-refractivity contribution is 0.310. The van der Waals surface area contributed by atoms with E-state index in [0.29, 0.717) is 18.7 Å². The van der Waals surface area contributed by atoms with Crippen molar-refractivity contribution in [3.63, 3.8) is 0 Å². The molecule has 0 unspecified atom stereocenters. The number of hydrogen-bond donors (Lipinski definition) is 0. The Hall–Kier alpha value is -1.26. The summed E-state index contributed by atoms with van der Waals surface area (Å²) in [5.41, 5.74) is 1.68. The first-order chi connectivity index (χ1) is 8.65. The molecular formula is C14H14BrFN2. The van der Waals surface area contributed by atoms with Crippen molar-refractivity contribution in [2.75, 3.05) is 7.05 Å². The van der Waals surface area contributed by atoms with Crippen LogP contribution in [0.15, 0.2) is 47.1 Å². The summed E-state index contributed by atoms with van der Waals surface area (Å²) in [6.07, 6.45) is 1.77. The lowest BCUT2D eigenvalue weighted by Crippen LogP contribution is -2.18. The van der Waals surface area contributed by atoms with Gasteiger partial charge < -0.3 is 0 Å². The van der Waals surface area contributed by atoms with Crippen LogP contribution in [0.25, 0.3) is 0 Å². The maximum Gasteiger partial charge on any atom is 0.127 e. The number of hydrogen-bond acceptors (Lipinski definition) is 2. The summed E-state index contributed by atoms with van der Waals surface area (Å²) in [5.74, 6) is -0.159. The fraction of sp³-hybridized carbons (Fsp3) is 0.214. The first-order valence-electron chi connectivity index (χ1n) is 5.67. The van der Waals surface area contributed by atoms with Crippen LogP contribution in [-0.4, -0.2) is 16.9 Å². The van der Waals surface area contributed by atoms with E-state index in [0.717, 1.165) is 10.2 Å². The molecule has 0 aliphatic heterocycles. The Balaban J connectivity index is 1.99. The van der Waals surface area contributed by atoms with E-state index in [-0.39, 0.29) is 5.82 Å².